The van der Waals surface area contributed by atoms with Crippen molar-refractivity contribution < 1.29 is 0 Å². The van der Waals surface area contributed by atoms with Crippen molar-refractivity contribution in [1.29, 1.82) is 0 Å². The molecule has 0 aliphatic rings. The molecule has 0 fully saturated rings. The average molecular weight is 310 g/mol. The smallest absolute Gasteiger partial charge is 0.00773 e. The van der Waals surface area contributed by atoms with Gasteiger partial charge in [0.15, 0.2) is 0 Å². The van der Waals surface area contributed by atoms with Gasteiger partial charge in [-0.3, -0.25) is 0 Å². The maximum Gasteiger partial charge on any atom is -0.00773 e. The van der Waals surface area contributed by atoms with E-state index < -0.39 is 0 Å². The molecule has 22 heavy (non-hydrogen) atoms. The van der Waals surface area contributed by atoms with Crippen LogP contribution in [-0.4, -0.2) is 6.54 Å². The van der Waals surface area contributed by atoms with Crippen molar-refractivity contribution in [2.45, 2.75) is 116 Å². The van der Waals surface area contributed by atoms with E-state index in [1.165, 1.54) is 109 Å². The Morgan fingerprint density at radius 2 is 0.864 bits per heavy atom. The molecule has 0 unspecified atom stereocenters. The lowest BCUT2D eigenvalue weighted by Gasteiger charge is -2.01. The van der Waals surface area contributed by atoms with E-state index in [9.17, 15) is 0 Å². The minimum atomic E-state index is 0.867. The second-order valence-corrected chi connectivity index (χ2v) is 6.79. The molecule has 0 aliphatic carbocycles. The lowest BCUT2D eigenvalue weighted by atomic mass is 10.1. The molecular formula is C21H43N. The zero-order chi connectivity index (χ0) is 16.1. The molecular weight excluding hydrogens is 266 g/mol. The number of hydrogen-bond acceptors (Lipinski definition) is 1. The van der Waals surface area contributed by atoms with Crippen LogP contribution in [0.5, 0.6) is 0 Å². The van der Waals surface area contributed by atoms with Crippen LogP contribution in [0, 0.1) is 0 Å². The van der Waals surface area contributed by atoms with E-state index in [4.69, 9.17) is 5.73 Å². The Labute approximate surface area is 141 Å². The maximum atomic E-state index is 5.49. The van der Waals surface area contributed by atoms with Gasteiger partial charge in [0.1, 0.15) is 0 Å². The van der Waals surface area contributed by atoms with Crippen molar-refractivity contribution in [2.75, 3.05) is 6.54 Å². The summed E-state index contributed by atoms with van der Waals surface area (Å²) in [7, 11) is 0. The standard InChI is InChI=1S/C21H43N/c1-2-3-4-5-6-7-8-9-10-11-12-13-14-15-16-17-18-19-20-21-22/h9-10H,2-8,11-22H2,1H3. The van der Waals surface area contributed by atoms with Crippen LogP contribution in [0.4, 0.5) is 0 Å². The summed E-state index contributed by atoms with van der Waals surface area (Å²) in [6, 6.07) is 0. The third-order valence-electron chi connectivity index (χ3n) is 4.47. The SMILES string of the molecule is CCCCCCCCC=CCCCCCCCCCCCN. The summed E-state index contributed by atoms with van der Waals surface area (Å²) < 4.78 is 0. The molecule has 0 rings (SSSR count). The van der Waals surface area contributed by atoms with Crippen molar-refractivity contribution in [2.24, 2.45) is 5.73 Å². The van der Waals surface area contributed by atoms with Gasteiger partial charge < -0.3 is 5.73 Å². The van der Waals surface area contributed by atoms with Crippen LogP contribution in [0.3, 0.4) is 0 Å². The van der Waals surface area contributed by atoms with Crippen molar-refractivity contribution in [3.05, 3.63) is 12.2 Å². The highest BCUT2D eigenvalue weighted by molar-refractivity contribution is 4.81. The fraction of sp³-hybridized carbons (Fsp3) is 0.905. The molecule has 0 saturated carbocycles. The van der Waals surface area contributed by atoms with E-state index in [-0.39, 0.29) is 0 Å². The molecule has 1 nitrogen and oxygen atoms in total. The Balaban J connectivity index is 3.02. The monoisotopic (exact) mass is 309 g/mol. The minimum Gasteiger partial charge on any atom is -0.330 e. The van der Waals surface area contributed by atoms with Crippen LogP contribution < -0.4 is 5.73 Å². The largest absolute Gasteiger partial charge is 0.330 e. The highest BCUT2D eigenvalue weighted by Crippen LogP contribution is 2.11. The van der Waals surface area contributed by atoms with Crippen LogP contribution in [0.25, 0.3) is 0 Å². The van der Waals surface area contributed by atoms with Crippen LogP contribution in [0.1, 0.15) is 116 Å². The highest BCUT2D eigenvalue weighted by atomic mass is 14.5. The van der Waals surface area contributed by atoms with Crippen LogP contribution in [-0.2, 0) is 0 Å². The molecule has 0 aromatic carbocycles. The highest BCUT2D eigenvalue weighted by Gasteiger charge is 1.92. The van der Waals surface area contributed by atoms with E-state index in [1.54, 1.807) is 0 Å². The molecule has 0 radical (unpaired) electrons. The summed E-state index contributed by atoms with van der Waals surface area (Å²) in [5, 5.41) is 0. The number of unbranched alkanes of at least 4 members (excludes halogenated alkanes) is 15. The normalized spacial score (nSPS) is 11.5. The third-order valence-corrected chi connectivity index (χ3v) is 4.47. The molecule has 0 heterocycles. The first kappa shape index (κ1) is 21.7. The Morgan fingerprint density at radius 3 is 1.27 bits per heavy atom. The predicted octanol–water partition coefficient (Wildman–Crippen LogP) is 7.15. The molecule has 0 aromatic heterocycles. The van der Waals surface area contributed by atoms with Gasteiger partial charge >= 0.3 is 0 Å². The van der Waals surface area contributed by atoms with E-state index in [0.29, 0.717) is 0 Å². The third kappa shape index (κ3) is 19.7. The molecule has 0 saturated heterocycles. The summed E-state index contributed by atoms with van der Waals surface area (Å²) in [5.74, 6) is 0. The lowest BCUT2D eigenvalue weighted by Crippen LogP contribution is -1.97. The molecule has 0 spiro atoms. The van der Waals surface area contributed by atoms with Gasteiger partial charge in [-0.2, -0.15) is 0 Å². The first-order chi connectivity index (χ1) is 10.9. The Hall–Kier alpha value is -0.300. The number of hydrogen-bond donors (Lipinski definition) is 1. The molecule has 0 amide bonds. The second-order valence-electron chi connectivity index (χ2n) is 6.79. The van der Waals surface area contributed by atoms with E-state index in [0.717, 1.165) is 6.54 Å². The van der Waals surface area contributed by atoms with Crippen molar-refractivity contribution in [3.8, 4) is 0 Å². The summed E-state index contributed by atoms with van der Waals surface area (Å²) in [6.45, 7) is 3.15. The summed E-state index contributed by atoms with van der Waals surface area (Å²) in [4.78, 5) is 0. The molecule has 0 atom stereocenters. The van der Waals surface area contributed by atoms with Gasteiger partial charge in [0.2, 0.25) is 0 Å². The molecule has 132 valence electrons. The molecule has 0 aromatic rings. The van der Waals surface area contributed by atoms with Gasteiger partial charge in [0, 0.05) is 0 Å². The summed E-state index contributed by atoms with van der Waals surface area (Å²) in [5.41, 5.74) is 5.49. The molecule has 1 heteroatoms. The summed E-state index contributed by atoms with van der Waals surface area (Å²) in [6.07, 6.45) is 28.4. The van der Waals surface area contributed by atoms with E-state index in [2.05, 4.69) is 19.1 Å². The van der Waals surface area contributed by atoms with E-state index >= 15 is 0 Å². The van der Waals surface area contributed by atoms with Gasteiger partial charge in [-0.1, -0.05) is 96.1 Å². The maximum absolute atomic E-state index is 5.49. The lowest BCUT2D eigenvalue weighted by molar-refractivity contribution is 0.561. The minimum absolute atomic E-state index is 0.867. The van der Waals surface area contributed by atoms with Crippen molar-refractivity contribution in [1.82, 2.24) is 0 Å². The summed E-state index contributed by atoms with van der Waals surface area (Å²) >= 11 is 0. The quantitative estimate of drug-likeness (QED) is 0.211. The number of allylic oxidation sites excluding steroid dienone is 2. The average Bonchev–Trinajstić information content (AvgIpc) is 2.54. The van der Waals surface area contributed by atoms with Crippen LogP contribution in [0.2, 0.25) is 0 Å². The fourth-order valence-electron chi connectivity index (χ4n) is 2.92. The van der Waals surface area contributed by atoms with E-state index in [1.807, 2.05) is 0 Å². The van der Waals surface area contributed by atoms with Crippen LogP contribution in [0.15, 0.2) is 12.2 Å². The van der Waals surface area contributed by atoms with Gasteiger partial charge in [-0.05, 0) is 38.6 Å². The zero-order valence-electron chi connectivity index (χ0n) is 15.5. The topological polar surface area (TPSA) is 26.0 Å². The first-order valence-electron chi connectivity index (χ1n) is 10.3. The number of nitrogens with two attached hydrogens (primary N) is 1. The fourth-order valence-corrected chi connectivity index (χ4v) is 2.92. The number of rotatable bonds is 18. The Morgan fingerprint density at radius 1 is 0.500 bits per heavy atom. The van der Waals surface area contributed by atoms with Gasteiger partial charge in [0.05, 0.1) is 0 Å². The van der Waals surface area contributed by atoms with Crippen LogP contribution >= 0.6 is 0 Å². The first-order valence-corrected chi connectivity index (χ1v) is 10.3. The molecule has 0 aliphatic heterocycles. The van der Waals surface area contributed by atoms with Crippen molar-refractivity contribution >= 4 is 0 Å². The molecule has 0 bridgehead atoms. The Bertz CT molecular complexity index is 210. The predicted molar refractivity (Wildman–Crippen MR) is 102 cm³/mol. The second kappa shape index (κ2) is 20.7. The van der Waals surface area contributed by atoms with Gasteiger partial charge in [0.25, 0.3) is 0 Å². The van der Waals surface area contributed by atoms with Gasteiger partial charge in [-0.15, -0.1) is 0 Å². The molecule has 2 N–H and O–H groups in total. The Kier molecular flexibility index (Phi) is 20.4. The van der Waals surface area contributed by atoms with Gasteiger partial charge in [-0.25, -0.2) is 0 Å². The van der Waals surface area contributed by atoms with Crippen molar-refractivity contribution in [3.63, 3.8) is 0 Å². The zero-order valence-corrected chi connectivity index (χ0v) is 15.5.